The van der Waals surface area contributed by atoms with Gasteiger partial charge in [0.15, 0.2) is 11.6 Å². The number of aromatic hydroxyl groups is 1. The van der Waals surface area contributed by atoms with Crippen molar-refractivity contribution < 1.29 is 49.0 Å². The van der Waals surface area contributed by atoms with Crippen molar-refractivity contribution in [2.45, 2.75) is 76.2 Å². The van der Waals surface area contributed by atoms with Gasteiger partial charge in [-0.05, 0) is 55.5 Å². The molecule has 4 N–H and O–H groups in total. The predicted molar refractivity (Wildman–Crippen MR) is 162 cm³/mol. The molecule has 0 radical (unpaired) electrons. The summed E-state index contributed by atoms with van der Waals surface area (Å²) in [5.41, 5.74) is 1.10. The maximum atomic E-state index is 14.3. The zero-order valence-corrected chi connectivity index (χ0v) is 24.8. The van der Waals surface area contributed by atoms with Crippen molar-refractivity contribution in [3.05, 3.63) is 87.5 Å². The second-order valence-corrected chi connectivity index (χ2v) is 11.7. The Kier molecular flexibility index (Phi) is 8.32. The van der Waals surface area contributed by atoms with Gasteiger partial charge in [0.1, 0.15) is 35.6 Å². The van der Waals surface area contributed by atoms with E-state index in [9.17, 15) is 34.8 Å². The molecule has 45 heavy (non-hydrogen) atoms. The van der Waals surface area contributed by atoms with Gasteiger partial charge in [-0.1, -0.05) is 49.2 Å². The van der Waals surface area contributed by atoms with E-state index < -0.39 is 48.2 Å². The number of hydrogen-bond acceptors (Lipinski definition) is 10. The molecular weight excluding hydrogens is 580 g/mol. The average molecular weight is 615 g/mol. The van der Waals surface area contributed by atoms with Crippen molar-refractivity contribution in [2.75, 3.05) is 0 Å². The van der Waals surface area contributed by atoms with Crippen molar-refractivity contribution in [1.82, 2.24) is 0 Å². The number of esters is 1. The van der Waals surface area contributed by atoms with Crippen LogP contribution in [-0.4, -0.2) is 68.7 Å². The van der Waals surface area contributed by atoms with Gasteiger partial charge in [-0.25, -0.2) is 0 Å². The van der Waals surface area contributed by atoms with E-state index in [1.165, 1.54) is 32.0 Å². The molecule has 10 heteroatoms. The first-order chi connectivity index (χ1) is 21.6. The molecular formula is C35H34O10. The minimum atomic E-state index is -1.63. The number of benzene rings is 3. The fourth-order valence-electron chi connectivity index (χ4n) is 6.47. The second-order valence-electron chi connectivity index (χ2n) is 11.7. The summed E-state index contributed by atoms with van der Waals surface area (Å²) in [5.74, 6) is -2.26. The van der Waals surface area contributed by atoms with Crippen molar-refractivity contribution in [3.63, 3.8) is 0 Å². The Morgan fingerprint density at radius 1 is 0.867 bits per heavy atom. The fraction of sp³-hybridized carbons (Fsp3) is 0.343. The number of ketones is 2. The molecule has 10 nitrogen and oxygen atoms in total. The zero-order chi connectivity index (χ0) is 32.0. The third-order valence-corrected chi connectivity index (χ3v) is 8.76. The fourth-order valence-corrected chi connectivity index (χ4v) is 6.47. The second kappa shape index (κ2) is 12.2. The van der Waals surface area contributed by atoms with Crippen LogP contribution in [0.15, 0.2) is 48.5 Å². The molecule has 6 rings (SSSR count). The van der Waals surface area contributed by atoms with Crippen molar-refractivity contribution in [3.8, 4) is 17.2 Å². The van der Waals surface area contributed by atoms with Gasteiger partial charge >= 0.3 is 5.97 Å². The lowest BCUT2D eigenvalue weighted by Gasteiger charge is -2.39. The summed E-state index contributed by atoms with van der Waals surface area (Å²) >= 11 is 0. The number of fused-ring (bicyclic) bond motifs is 2. The molecule has 1 saturated carbocycles. The topological polar surface area (TPSA) is 160 Å². The Balaban J connectivity index is 1.50. The van der Waals surface area contributed by atoms with Crippen LogP contribution in [0.1, 0.15) is 94.0 Å². The van der Waals surface area contributed by atoms with Crippen LogP contribution in [0.3, 0.4) is 0 Å². The summed E-state index contributed by atoms with van der Waals surface area (Å²) in [6, 6.07) is 13.5. The number of carbonyl (C=O) groups is 3. The first-order valence-corrected chi connectivity index (χ1v) is 15.0. The highest BCUT2D eigenvalue weighted by Crippen LogP contribution is 2.49. The van der Waals surface area contributed by atoms with Crippen molar-refractivity contribution in [1.29, 1.82) is 0 Å². The number of ether oxygens (including phenoxy) is 3. The lowest BCUT2D eigenvalue weighted by atomic mass is 9.78. The molecule has 1 aliphatic heterocycles. The number of rotatable bonds is 6. The highest BCUT2D eigenvalue weighted by molar-refractivity contribution is 6.31. The summed E-state index contributed by atoms with van der Waals surface area (Å²) < 4.78 is 17.2. The predicted octanol–water partition coefficient (Wildman–Crippen LogP) is 4.13. The van der Waals surface area contributed by atoms with Crippen LogP contribution >= 0.6 is 0 Å². The van der Waals surface area contributed by atoms with Gasteiger partial charge in [0, 0.05) is 34.7 Å². The normalized spacial score (nSPS) is 24.9. The van der Waals surface area contributed by atoms with Gasteiger partial charge in [-0.15, -0.1) is 0 Å². The molecule has 2 fully saturated rings. The van der Waals surface area contributed by atoms with E-state index in [1.807, 2.05) is 30.3 Å². The lowest BCUT2D eigenvalue weighted by molar-refractivity contribution is -0.268. The van der Waals surface area contributed by atoms with Crippen molar-refractivity contribution >= 4 is 29.7 Å². The molecule has 2 aliphatic carbocycles. The third kappa shape index (κ3) is 5.55. The SMILES string of the molecule is CC(=O)Oc1ccc2c(c1/C=C/c1ccccc1)C(=O)c1cc(O[C@H]3O[C@@H](C)[C@@H](O)[C@@H](O)[C@H]3O)c(C3CCCC3)c(O)c1C2=O. The van der Waals surface area contributed by atoms with E-state index in [0.717, 1.165) is 18.4 Å². The van der Waals surface area contributed by atoms with Gasteiger partial charge in [0.25, 0.3) is 0 Å². The van der Waals surface area contributed by atoms with Gasteiger partial charge in [0.2, 0.25) is 6.29 Å². The molecule has 1 saturated heterocycles. The first kappa shape index (κ1) is 30.7. The van der Waals surface area contributed by atoms with E-state index in [4.69, 9.17) is 14.2 Å². The van der Waals surface area contributed by atoms with Crippen LogP contribution in [0.5, 0.6) is 17.2 Å². The van der Waals surface area contributed by atoms with E-state index in [0.29, 0.717) is 18.4 Å². The standard InChI is InChI=1S/C35H34O10/c1-17-29(37)33(41)34(42)35(43-17)45-25-16-23-28(32(40)26(25)20-10-6-7-11-20)30(38)22-14-15-24(44-18(2)36)21(27(22)31(23)39)13-12-19-8-4-3-5-9-19/h3-5,8-9,12-17,20,29,33-35,37,40-42H,6-7,10-11H2,1-2H3/b13-12+/t17-,29+,33+,34+,35+/m0/s1. The maximum absolute atomic E-state index is 14.3. The van der Waals surface area contributed by atoms with Gasteiger partial charge in [0.05, 0.1) is 11.7 Å². The Hall–Kier alpha value is -4.35. The smallest absolute Gasteiger partial charge is 0.308 e. The molecule has 0 unspecified atom stereocenters. The highest BCUT2D eigenvalue weighted by atomic mass is 16.7. The zero-order valence-electron chi connectivity index (χ0n) is 24.8. The van der Waals surface area contributed by atoms with Crippen LogP contribution in [0.2, 0.25) is 0 Å². The maximum Gasteiger partial charge on any atom is 0.308 e. The molecule has 0 bridgehead atoms. The van der Waals surface area contributed by atoms with E-state index in [1.54, 1.807) is 12.2 Å². The van der Waals surface area contributed by atoms with Crippen LogP contribution < -0.4 is 9.47 Å². The molecule has 3 aromatic rings. The summed E-state index contributed by atoms with van der Waals surface area (Å²) in [6.45, 7) is 2.75. The van der Waals surface area contributed by atoms with E-state index in [-0.39, 0.29) is 51.0 Å². The molecule has 0 spiro atoms. The minimum Gasteiger partial charge on any atom is -0.507 e. The number of hydrogen-bond donors (Lipinski definition) is 4. The molecule has 0 aromatic heterocycles. The first-order valence-electron chi connectivity index (χ1n) is 15.0. The van der Waals surface area contributed by atoms with Gasteiger partial charge in [-0.2, -0.15) is 0 Å². The van der Waals surface area contributed by atoms with Crippen LogP contribution in [-0.2, 0) is 9.53 Å². The number of carbonyl (C=O) groups excluding carboxylic acids is 3. The van der Waals surface area contributed by atoms with Crippen LogP contribution in [0, 0.1) is 0 Å². The highest BCUT2D eigenvalue weighted by Gasteiger charge is 2.45. The summed E-state index contributed by atoms with van der Waals surface area (Å²) in [7, 11) is 0. The Bertz CT molecular complexity index is 1690. The summed E-state index contributed by atoms with van der Waals surface area (Å²) in [6.07, 6.45) is -0.356. The molecule has 234 valence electrons. The van der Waals surface area contributed by atoms with E-state index >= 15 is 0 Å². The van der Waals surface area contributed by atoms with Crippen molar-refractivity contribution in [2.24, 2.45) is 0 Å². The average Bonchev–Trinajstić information content (AvgIpc) is 3.55. The van der Waals surface area contributed by atoms with Crippen LogP contribution in [0.25, 0.3) is 12.2 Å². The quantitative estimate of drug-likeness (QED) is 0.141. The Morgan fingerprint density at radius 2 is 1.56 bits per heavy atom. The van der Waals surface area contributed by atoms with Crippen LogP contribution in [0.4, 0.5) is 0 Å². The Morgan fingerprint density at radius 3 is 2.24 bits per heavy atom. The molecule has 0 amide bonds. The molecule has 1 heterocycles. The third-order valence-electron chi connectivity index (χ3n) is 8.76. The number of phenols is 1. The lowest BCUT2D eigenvalue weighted by Crippen LogP contribution is -2.58. The summed E-state index contributed by atoms with van der Waals surface area (Å²) in [4.78, 5) is 40.4. The number of aliphatic hydroxyl groups excluding tert-OH is 3. The van der Waals surface area contributed by atoms with Gasteiger partial charge < -0.3 is 34.6 Å². The number of aliphatic hydroxyl groups is 3. The molecule has 5 atom stereocenters. The van der Waals surface area contributed by atoms with E-state index in [2.05, 4.69) is 0 Å². The largest absolute Gasteiger partial charge is 0.507 e. The molecule has 3 aromatic carbocycles. The number of phenolic OH excluding ortho intramolecular Hbond substituents is 1. The monoisotopic (exact) mass is 614 g/mol. The van der Waals surface area contributed by atoms with Gasteiger partial charge in [-0.3, -0.25) is 14.4 Å². The Labute approximate surface area is 259 Å². The molecule has 3 aliphatic rings. The minimum absolute atomic E-state index is 0.00137. The summed E-state index contributed by atoms with van der Waals surface area (Å²) in [5, 5.41) is 42.9.